The monoisotopic (exact) mass is 646 g/mol. The number of carbonyl (C=O) groups excluding carboxylic acids is 4. The van der Waals surface area contributed by atoms with Crippen molar-refractivity contribution >= 4 is 23.9 Å². The molecule has 0 heterocycles. The summed E-state index contributed by atoms with van der Waals surface area (Å²) >= 11 is 0. The molecule has 0 aromatic heterocycles. The van der Waals surface area contributed by atoms with Crippen LogP contribution in [0.5, 0.6) is 0 Å². The van der Waals surface area contributed by atoms with E-state index in [1.54, 1.807) is 27.7 Å². The smallest absolute Gasteiger partial charge is 0.323 e. The molecule has 0 aliphatic heterocycles. The number of unbranched alkanes of at least 4 members (excludes halogenated alkanes) is 10. The van der Waals surface area contributed by atoms with E-state index < -0.39 is 34.7 Å². The van der Waals surface area contributed by atoms with Gasteiger partial charge in [-0.25, -0.2) is 0 Å². The molecule has 0 N–H and O–H groups in total. The van der Waals surface area contributed by atoms with Crippen LogP contribution in [0.2, 0.25) is 0 Å². The summed E-state index contributed by atoms with van der Waals surface area (Å²) in [5.74, 6) is -2.25. The molecule has 0 radical (unpaired) electrons. The Bertz CT molecular complexity index is 899. The van der Waals surface area contributed by atoms with Gasteiger partial charge in [-0.2, -0.15) is 0 Å². The number of hydrogen-bond acceptors (Lipinski definition) is 8. The van der Waals surface area contributed by atoms with Crippen molar-refractivity contribution < 1.29 is 38.1 Å². The first-order valence-corrected chi connectivity index (χ1v) is 18.0. The Morgan fingerprint density at radius 3 is 0.957 bits per heavy atom. The van der Waals surface area contributed by atoms with E-state index >= 15 is 0 Å². The molecule has 1 aromatic rings. The first kappa shape index (κ1) is 41.1. The second-order valence-electron chi connectivity index (χ2n) is 12.3. The van der Waals surface area contributed by atoms with Gasteiger partial charge in [-0.15, -0.1) is 0 Å². The normalized spacial score (nSPS) is 11.6. The largest absolute Gasteiger partial charge is 0.465 e. The fraction of sp³-hybridized carbons (Fsp3) is 0.737. The summed E-state index contributed by atoms with van der Waals surface area (Å²) in [6.45, 7) is 11.9. The van der Waals surface area contributed by atoms with E-state index in [9.17, 15) is 19.2 Å². The van der Waals surface area contributed by atoms with E-state index in [-0.39, 0.29) is 39.3 Å². The Balaban J connectivity index is 3.35. The van der Waals surface area contributed by atoms with Gasteiger partial charge in [0, 0.05) is 0 Å². The molecule has 0 aliphatic carbocycles. The van der Waals surface area contributed by atoms with Crippen LogP contribution in [0.15, 0.2) is 24.3 Å². The molecule has 8 nitrogen and oxygen atoms in total. The molecule has 0 amide bonds. The van der Waals surface area contributed by atoms with Crippen molar-refractivity contribution in [2.45, 2.75) is 144 Å². The molecule has 1 aromatic carbocycles. The van der Waals surface area contributed by atoms with Gasteiger partial charge in [-0.3, -0.25) is 19.2 Å². The molecular formula is C38H62O8. The van der Waals surface area contributed by atoms with E-state index in [0.29, 0.717) is 25.7 Å². The van der Waals surface area contributed by atoms with Crippen molar-refractivity contribution in [1.82, 2.24) is 0 Å². The van der Waals surface area contributed by atoms with Crippen LogP contribution in [-0.4, -0.2) is 50.3 Å². The third-order valence-corrected chi connectivity index (χ3v) is 8.61. The summed E-state index contributed by atoms with van der Waals surface area (Å²) in [7, 11) is 0. The van der Waals surface area contributed by atoms with Crippen LogP contribution in [0.25, 0.3) is 0 Å². The molecule has 46 heavy (non-hydrogen) atoms. The van der Waals surface area contributed by atoms with Crippen LogP contribution in [0.3, 0.4) is 0 Å². The fourth-order valence-corrected chi connectivity index (χ4v) is 6.00. The summed E-state index contributed by atoms with van der Waals surface area (Å²) in [6.07, 6.45) is 13.2. The maximum Gasteiger partial charge on any atom is 0.323 e. The maximum atomic E-state index is 13.4. The van der Waals surface area contributed by atoms with Gasteiger partial charge in [0.15, 0.2) is 10.8 Å². The van der Waals surface area contributed by atoms with Gasteiger partial charge < -0.3 is 18.9 Å². The number of hydrogen-bond donors (Lipinski definition) is 0. The molecular weight excluding hydrogens is 584 g/mol. The lowest BCUT2D eigenvalue weighted by atomic mass is 9.75. The number of carbonyl (C=O) groups is 4. The molecule has 0 atom stereocenters. The molecule has 1 rings (SSSR count). The number of benzene rings is 1. The fourth-order valence-electron chi connectivity index (χ4n) is 6.00. The minimum atomic E-state index is -1.45. The summed E-state index contributed by atoms with van der Waals surface area (Å²) in [4.78, 5) is 53.7. The second-order valence-corrected chi connectivity index (χ2v) is 12.3. The zero-order chi connectivity index (χ0) is 34.3. The van der Waals surface area contributed by atoms with Crippen LogP contribution < -0.4 is 0 Å². The van der Waals surface area contributed by atoms with Crippen molar-refractivity contribution in [3.8, 4) is 0 Å². The topological polar surface area (TPSA) is 105 Å². The summed E-state index contributed by atoms with van der Waals surface area (Å²) in [5, 5.41) is 0. The van der Waals surface area contributed by atoms with Gasteiger partial charge in [0.05, 0.1) is 26.4 Å². The lowest BCUT2D eigenvalue weighted by Gasteiger charge is -2.30. The van der Waals surface area contributed by atoms with Gasteiger partial charge in [0.1, 0.15) is 0 Å². The van der Waals surface area contributed by atoms with Gasteiger partial charge >= 0.3 is 23.9 Å². The van der Waals surface area contributed by atoms with E-state index in [2.05, 4.69) is 13.8 Å². The quantitative estimate of drug-likeness (QED) is 0.0427. The maximum absolute atomic E-state index is 13.4. The summed E-state index contributed by atoms with van der Waals surface area (Å²) < 4.78 is 21.8. The first-order valence-electron chi connectivity index (χ1n) is 18.0. The Kier molecular flexibility index (Phi) is 20.9. The van der Waals surface area contributed by atoms with E-state index in [1.165, 1.54) is 12.8 Å². The molecule has 262 valence electrons. The lowest BCUT2D eigenvalue weighted by Crippen LogP contribution is -2.44. The summed E-state index contributed by atoms with van der Waals surface area (Å²) in [6, 6.07) is 7.43. The highest BCUT2D eigenvalue weighted by atomic mass is 16.6. The molecule has 0 unspecified atom stereocenters. The van der Waals surface area contributed by atoms with Gasteiger partial charge in [0.2, 0.25) is 0 Å². The van der Waals surface area contributed by atoms with Crippen molar-refractivity contribution in [2.75, 3.05) is 26.4 Å². The average molecular weight is 647 g/mol. The Labute approximate surface area is 278 Å². The molecule has 0 fully saturated rings. The van der Waals surface area contributed by atoms with Crippen molar-refractivity contribution in [2.24, 2.45) is 10.8 Å². The SMILES string of the molecule is CCCCCCCCC(Cc1ccc(CC(CCCCCCCC)(C(=O)OCC)C(=O)OCC)cc1)(C(=O)OCC)C(=O)OCC. The van der Waals surface area contributed by atoms with Crippen LogP contribution in [0, 0.1) is 10.8 Å². The third kappa shape index (κ3) is 13.1. The lowest BCUT2D eigenvalue weighted by molar-refractivity contribution is -0.174. The van der Waals surface area contributed by atoms with E-state index in [1.807, 2.05) is 24.3 Å². The van der Waals surface area contributed by atoms with Crippen molar-refractivity contribution in [3.05, 3.63) is 35.4 Å². The molecule has 8 heteroatoms. The Morgan fingerprint density at radius 1 is 0.435 bits per heavy atom. The van der Waals surface area contributed by atoms with Crippen LogP contribution in [0.1, 0.15) is 143 Å². The Morgan fingerprint density at radius 2 is 0.696 bits per heavy atom. The highest BCUT2D eigenvalue weighted by molar-refractivity contribution is 6.01. The standard InChI is InChI=1S/C38H62O8/c1-7-13-15-17-19-21-27-37(33(39)43-9-3,34(40)44-10-4)29-31-23-25-32(26-24-31)30-38(35(41)45-11-5,36(42)46-12-6)28-22-20-18-16-14-8-2/h23-26H,7-22,27-30H2,1-6H3. The van der Waals surface area contributed by atoms with Crippen LogP contribution in [-0.2, 0) is 51.0 Å². The van der Waals surface area contributed by atoms with Gasteiger partial charge in [0.25, 0.3) is 0 Å². The zero-order valence-electron chi connectivity index (χ0n) is 29.7. The van der Waals surface area contributed by atoms with Gasteiger partial charge in [-0.1, -0.05) is 115 Å². The predicted octanol–water partition coefficient (Wildman–Crippen LogP) is 8.50. The number of esters is 4. The minimum absolute atomic E-state index is 0.137. The van der Waals surface area contributed by atoms with Crippen LogP contribution in [0.4, 0.5) is 0 Å². The molecule has 0 spiro atoms. The number of rotatable bonds is 26. The third-order valence-electron chi connectivity index (χ3n) is 8.61. The molecule has 0 saturated heterocycles. The average Bonchev–Trinajstić information content (AvgIpc) is 3.04. The first-order chi connectivity index (χ1) is 22.2. The van der Waals surface area contributed by atoms with E-state index in [4.69, 9.17) is 18.9 Å². The number of ether oxygens (including phenoxy) is 4. The second kappa shape index (κ2) is 23.4. The summed E-state index contributed by atoms with van der Waals surface area (Å²) in [5.41, 5.74) is -1.36. The molecule has 0 aliphatic rings. The highest BCUT2D eigenvalue weighted by Crippen LogP contribution is 2.36. The predicted molar refractivity (Wildman–Crippen MR) is 181 cm³/mol. The van der Waals surface area contributed by atoms with Crippen molar-refractivity contribution in [3.63, 3.8) is 0 Å². The Hall–Kier alpha value is -2.90. The van der Waals surface area contributed by atoms with Crippen molar-refractivity contribution in [1.29, 1.82) is 0 Å². The minimum Gasteiger partial charge on any atom is -0.465 e. The molecule has 0 bridgehead atoms. The van der Waals surface area contributed by atoms with E-state index in [0.717, 1.165) is 62.5 Å². The molecule has 0 saturated carbocycles. The van der Waals surface area contributed by atoms with Crippen LogP contribution >= 0.6 is 0 Å². The zero-order valence-corrected chi connectivity index (χ0v) is 29.7. The van der Waals surface area contributed by atoms with Gasteiger partial charge in [-0.05, 0) is 64.5 Å². The highest BCUT2D eigenvalue weighted by Gasteiger charge is 2.49.